The fraction of sp³-hybridized carbons (Fsp3) is 0.381. The Labute approximate surface area is 179 Å². The molecule has 0 saturated carbocycles. The molecular formula is C21H25ClN4O4. The maximum Gasteiger partial charge on any atom is 0.290 e. The molecule has 0 radical (unpaired) electrons. The van der Waals surface area contributed by atoms with Crippen LogP contribution in [0.1, 0.15) is 6.42 Å². The highest BCUT2D eigenvalue weighted by molar-refractivity contribution is 6.31. The molecule has 30 heavy (non-hydrogen) atoms. The standard InChI is InChI=1S/C20H23ClN4O2.CH2O2/c1-27-9-8-24-6-4-14(12-24)13-25-7-5-22-19(25)17-10-15-2-3-16(21)11-18(15)23-20(17)26;2-1-3/h2-3,5,7,10-11,14H,4,6,8-9,12-13H2,1H3,(H,23,26);1H,(H,2,3). The maximum atomic E-state index is 12.6. The lowest BCUT2D eigenvalue weighted by atomic mass is 10.1. The third-order valence-electron chi connectivity index (χ3n) is 5.20. The number of carboxylic acid groups (broad SMARTS) is 1. The number of ether oxygens (including phenoxy) is 1. The molecule has 2 aromatic heterocycles. The van der Waals surface area contributed by atoms with Crippen LogP contribution < -0.4 is 5.56 Å². The molecule has 9 heteroatoms. The molecule has 4 rings (SSSR count). The Morgan fingerprint density at radius 2 is 2.20 bits per heavy atom. The first kappa shape index (κ1) is 22.0. The lowest BCUT2D eigenvalue weighted by Gasteiger charge is -2.16. The first-order chi connectivity index (χ1) is 14.5. The van der Waals surface area contributed by atoms with E-state index in [-0.39, 0.29) is 12.0 Å². The van der Waals surface area contributed by atoms with Crippen molar-refractivity contribution in [2.45, 2.75) is 13.0 Å². The van der Waals surface area contributed by atoms with E-state index >= 15 is 0 Å². The van der Waals surface area contributed by atoms with E-state index in [1.807, 2.05) is 24.4 Å². The average Bonchev–Trinajstić information content (AvgIpc) is 3.36. The van der Waals surface area contributed by atoms with Crippen molar-refractivity contribution in [3.05, 3.63) is 52.0 Å². The van der Waals surface area contributed by atoms with E-state index in [9.17, 15) is 4.79 Å². The van der Waals surface area contributed by atoms with Crippen molar-refractivity contribution in [1.29, 1.82) is 0 Å². The van der Waals surface area contributed by atoms with Crippen molar-refractivity contribution in [2.75, 3.05) is 33.4 Å². The Morgan fingerprint density at radius 1 is 1.40 bits per heavy atom. The smallest absolute Gasteiger partial charge is 0.290 e. The summed E-state index contributed by atoms with van der Waals surface area (Å²) >= 11 is 6.02. The molecule has 8 nitrogen and oxygen atoms in total. The number of hydrogen-bond donors (Lipinski definition) is 2. The number of methoxy groups -OCH3 is 1. The third-order valence-corrected chi connectivity index (χ3v) is 5.44. The van der Waals surface area contributed by atoms with Crippen LogP contribution >= 0.6 is 11.6 Å². The van der Waals surface area contributed by atoms with Crippen LogP contribution in [-0.4, -0.2) is 64.4 Å². The molecule has 3 heterocycles. The van der Waals surface area contributed by atoms with Crippen molar-refractivity contribution in [2.24, 2.45) is 5.92 Å². The number of imidazole rings is 1. The van der Waals surface area contributed by atoms with Gasteiger partial charge >= 0.3 is 0 Å². The summed E-state index contributed by atoms with van der Waals surface area (Å²) in [5.41, 5.74) is 1.17. The molecular weight excluding hydrogens is 408 g/mol. The highest BCUT2D eigenvalue weighted by atomic mass is 35.5. The van der Waals surface area contributed by atoms with Gasteiger partial charge in [-0.1, -0.05) is 17.7 Å². The molecule has 0 spiro atoms. The summed E-state index contributed by atoms with van der Waals surface area (Å²) < 4.78 is 7.27. The van der Waals surface area contributed by atoms with E-state index < -0.39 is 0 Å². The fourth-order valence-electron chi connectivity index (χ4n) is 3.80. The second kappa shape index (κ2) is 10.4. The van der Waals surface area contributed by atoms with Gasteiger partial charge < -0.3 is 24.3 Å². The number of aromatic nitrogens is 3. The van der Waals surface area contributed by atoms with Crippen LogP contribution in [0.5, 0.6) is 0 Å². The van der Waals surface area contributed by atoms with Gasteiger partial charge in [0, 0.05) is 49.7 Å². The van der Waals surface area contributed by atoms with E-state index in [4.69, 9.17) is 26.2 Å². The van der Waals surface area contributed by atoms with E-state index in [0.717, 1.165) is 50.1 Å². The van der Waals surface area contributed by atoms with E-state index in [2.05, 4.69) is 19.4 Å². The molecule has 1 unspecified atom stereocenters. The zero-order valence-corrected chi connectivity index (χ0v) is 17.5. The van der Waals surface area contributed by atoms with E-state index in [1.54, 1.807) is 19.4 Å². The number of hydrogen-bond acceptors (Lipinski definition) is 5. The van der Waals surface area contributed by atoms with Gasteiger partial charge in [0.25, 0.3) is 12.0 Å². The number of likely N-dealkylation sites (tertiary alicyclic amines) is 1. The van der Waals surface area contributed by atoms with Gasteiger partial charge in [-0.05, 0) is 42.5 Å². The summed E-state index contributed by atoms with van der Waals surface area (Å²) in [4.78, 5) is 30.8. The molecule has 0 bridgehead atoms. The molecule has 1 fully saturated rings. The molecule has 1 atom stereocenters. The van der Waals surface area contributed by atoms with E-state index in [1.165, 1.54) is 0 Å². The highest BCUT2D eigenvalue weighted by Gasteiger charge is 2.23. The minimum atomic E-state index is -0.250. The van der Waals surface area contributed by atoms with Crippen LogP contribution in [0.4, 0.5) is 0 Å². The Kier molecular flexibility index (Phi) is 7.62. The molecule has 1 saturated heterocycles. The number of aromatic amines is 1. The maximum absolute atomic E-state index is 12.6. The third kappa shape index (κ3) is 5.27. The summed E-state index contributed by atoms with van der Waals surface area (Å²) in [6.07, 6.45) is 4.87. The number of rotatable bonds is 6. The molecule has 3 aromatic rings. The number of pyridine rings is 1. The first-order valence-electron chi connectivity index (χ1n) is 9.69. The first-order valence-corrected chi connectivity index (χ1v) is 10.1. The number of nitrogens with one attached hydrogen (secondary N) is 1. The number of fused-ring (bicyclic) bond motifs is 1. The summed E-state index contributed by atoms with van der Waals surface area (Å²) in [5.74, 6) is 1.26. The van der Waals surface area contributed by atoms with Crippen molar-refractivity contribution in [3.8, 4) is 11.4 Å². The zero-order valence-electron chi connectivity index (χ0n) is 16.8. The van der Waals surface area contributed by atoms with Gasteiger partial charge in [0.05, 0.1) is 12.2 Å². The second-order valence-electron chi connectivity index (χ2n) is 7.20. The van der Waals surface area contributed by atoms with Crippen molar-refractivity contribution in [3.63, 3.8) is 0 Å². The monoisotopic (exact) mass is 432 g/mol. The summed E-state index contributed by atoms with van der Waals surface area (Å²) in [5, 5.41) is 8.43. The number of H-pyrrole nitrogens is 1. The van der Waals surface area contributed by atoms with Gasteiger partial charge in [0.15, 0.2) is 0 Å². The van der Waals surface area contributed by atoms with Crippen molar-refractivity contribution >= 4 is 29.0 Å². The largest absolute Gasteiger partial charge is 0.483 e. The Morgan fingerprint density at radius 3 is 2.97 bits per heavy atom. The van der Waals surface area contributed by atoms with Crippen molar-refractivity contribution in [1.82, 2.24) is 19.4 Å². The van der Waals surface area contributed by atoms with Crippen molar-refractivity contribution < 1.29 is 14.6 Å². The van der Waals surface area contributed by atoms with Crippen LogP contribution in [-0.2, 0) is 16.1 Å². The topological polar surface area (TPSA) is 100 Å². The Hall–Kier alpha value is -2.68. The summed E-state index contributed by atoms with van der Waals surface area (Å²) in [6, 6.07) is 7.39. The van der Waals surface area contributed by atoms with Crippen LogP contribution in [0.3, 0.4) is 0 Å². The predicted molar refractivity (Wildman–Crippen MR) is 116 cm³/mol. The predicted octanol–water partition coefficient (Wildman–Crippen LogP) is 2.71. The lowest BCUT2D eigenvalue weighted by Crippen LogP contribution is -2.25. The van der Waals surface area contributed by atoms with Gasteiger partial charge in [0.1, 0.15) is 5.82 Å². The Balaban J connectivity index is 0.000000806. The molecule has 0 aliphatic carbocycles. The van der Waals surface area contributed by atoms with Gasteiger partial charge in [0.2, 0.25) is 0 Å². The average molecular weight is 433 g/mol. The zero-order chi connectivity index (χ0) is 21.5. The Bertz CT molecular complexity index is 1050. The van der Waals surface area contributed by atoms with Gasteiger partial charge in [-0.15, -0.1) is 0 Å². The van der Waals surface area contributed by atoms with Gasteiger partial charge in [-0.25, -0.2) is 4.98 Å². The molecule has 160 valence electrons. The molecule has 1 aromatic carbocycles. The minimum absolute atomic E-state index is 0.148. The normalized spacial score (nSPS) is 16.4. The fourth-order valence-corrected chi connectivity index (χ4v) is 3.98. The number of carbonyl (C=O) groups is 1. The summed E-state index contributed by atoms with van der Waals surface area (Å²) in [7, 11) is 1.74. The second-order valence-corrected chi connectivity index (χ2v) is 7.64. The lowest BCUT2D eigenvalue weighted by molar-refractivity contribution is -0.122. The number of benzene rings is 1. The van der Waals surface area contributed by atoms with Gasteiger partial charge in [-0.3, -0.25) is 9.59 Å². The quantitative estimate of drug-likeness (QED) is 0.581. The molecule has 1 aliphatic rings. The van der Waals surface area contributed by atoms with Crippen LogP contribution in [0, 0.1) is 5.92 Å². The van der Waals surface area contributed by atoms with Gasteiger partial charge in [-0.2, -0.15) is 0 Å². The van der Waals surface area contributed by atoms with Crippen LogP contribution in [0.25, 0.3) is 22.3 Å². The van der Waals surface area contributed by atoms with Crippen LogP contribution in [0.15, 0.2) is 41.5 Å². The molecule has 0 amide bonds. The SMILES string of the molecule is COCCN1CCC(Cn2ccnc2-c2cc3ccc(Cl)cc3[nH]c2=O)C1.O=CO. The molecule has 1 aliphatic heterocycles. The molecule has 2 N–H and O–H groups in total. The summed E-state index contributed by atoms with van der Waals surface area (Å²) in [6.45, 7) is 4.48. The van der Waals surface area contributed by atoms with E-state index in [0.29, 0.717) is 22.3 Å². The number of nitrogens with zero attached hydrogens (tertiary/aromatic N) is 3. The number of halogens is 1. The minimum Gasteiger partial charge on any atom is -0.483 e. The van der Waals surface area contributed by atoms with Crippen LogP contribution in [0.2, 0.25) is 5.02 Å². The highest BCUT2D eigenvalue weighted by Crippen LogP contribution is 2.24.